The second-order valence-electron chi connectivity index (χ2n) is 7.04. The summed E-state index contributed by atoms with van der Waals surface area (Å²) in [5, 5.41) is 2.72. The van der Waals surface area contributed by atoms with Crippen molar-refractivity contribution < 1.29 is 18.4 Å². The molecule has 0 aliphatic carbocycles. The van der Waals surface area contributed by atoms with E-state index in [4.69, 9.17) is 4.42 Å². The van der Waals surface area contributed by atoms with Gasteiger partial charge in [-0.1, -0.05) is 12.1 Å². The number of likely N-dealkylation sites (tertiary alicyclic amines) is 1. The number of fused-ring (bicyclic) bond motifs is 1. The van der Waals surface area contributed by atoms with Gasteiger partial charge in [0.2, 0.25) is 5.91 Å². The minimum absolute atomic E-state index is 0.0364. The van der Waals surface area contributed by atoms with Crippen LogP contribution in [0.25, 0.3) is 11.1 Å². The van der Waals surface area contributed by atoms with Crippen LogP contribution in [0.15, 0.2) is 47.1 Å². The highest BCUT2D eigenvalue weighted by Crippen LogP contribution is 2.23. The molecule has 1 aliphatic rings. The van der Waals surface area contributed by atoms with Crippen molar-refractivity contribution in [2.45, 2.75) is 25.8 Å². The average molecular weight is 383 g/mol. The number of rotatable bonds is 5. The molecule has 2 aromatic heterocycles. The highest BCUT2D eigenvalue weighted by molar-refractivity contribution is 5.99. The highest BCUT2D eigenvalue weighted by Gasteiger charge is 2.21. The van der Waals surface area contributed by atoms with E-state index < -0.39 is 0 Å². The molecule has 146 valence electrons. The SMILES string of the molecule is O=C(NCC(=O)N1CCCCC1)c1cc2occc2n1Cc1cccc(F)c1. The number of hydrogen-bond donors (Lipinski definition) is 1. The quantitative estimate of drug-likeness (QED) is 0.736. The molecular weight excluding hydrogens is 361 g/mol. The predicted molar refractivity (Wildman–Crippen MR) is 102 cm³/mol. The Morgan fingerprint density at radius 1 is 1.11 bits per heavy atom. The molecule has 4 rings (SSSR count). The van der Waals surface area contributed by atoms with E-state index in [1.54, 1.807) is 40.0 Å². The molecule has 1 aromatic carbocycles. The van der Waals surface area contributed by atoms with Gasteiger partial charge in [-0.05, 0) is 37.0 Å². The third kappa shape index (κ3) is 3.78. The van der Waals surface area contributed by atoms with Crippen LogP contribution in [0, 0.1) is 5.82 Å². The highest BCUT2D eigenvalue weighted by atomic mass is 19.1. The third-order valence-corrected chi connectivity index (χ3v) is 5.09. The van der Waals surface area contributed by atoms with E-state index in [0.29, 0.717) is 17.8 Å². The van der Waals surface area contributed by atoms with Gasteiger partial charge in [-0.3, -0.25) is 9.59 Å². The van der Waals surface area contributed by atoms with Gasteiger partial charge in [-0.2, -0.15) is 0 Å². The summed E-state index contributed by atoms with van der Waals surface area (Å²) in [4.78, 5) is 26.9. The zero-order valence-electron chi connectivity index (χ0n) is 15.5. The number of carbonyl (C=O) groups excluding carboxylic acids is 2. The Bertz CT molecular complexity index is 1000. The maximum absolute atomic E-state index is 13.5. The first-order valence-electron chi connectivity index (χ1n) is 9.49. The topological polar surface area (TPSA) is 67.5 Å². The summed E-state index contributed by atoms with van der Waals surface area (Å²) in [6.45, 7) is 1.78. The molecule has 1 fully saturated rings. The first kappa shape index (κ1) is 18.3. The maximum atomic E-state index is 13.5. The van der Waals surface area contributed by atoms with E-state index >= 15 is 0 Å². The first-order valence-corrected chi connectivity index (χ1v) is 9.49. The lowest BCUT2D eigenvalue weighted by Gasteiger charge is -2.26. The van der Waals surface area contributed by atoms with Crippen LogP contribution in [0.2, 0.25) is 0 Å². The monoisotopic (exact) mass is 383 g/mol. The number of amides is 2. The Balaban J connectivity index is 1.51. The van der Waals surface area contributed by atoms with Crippen molar-refractivity contribution in [1.29, 1.82) is 0 Å². The van der Waals surface area contributed by atoms with E-state index in [-0.39, 0.29) is 24.2 Å². The van der Waals surface area contributed by atoms with Gasteiger partial charge in [0.05, 0.1) is 18.3 Å². The molecule has 0 radical (unpaired) electrons. The fourth-order valence-electron chi connectivity index (χ4n) is 3.66. The summed E-state index contributed by atoms with van der Waals surface area (Å²) in [5.74, 6) is -0.751. The molecule has 6 nitrogen and oxygen atoms in total. The normalized spacial score (nSPS) is 14.4. The Morgan fingerprint density at radius 3 is 2.71 bits per heavy atom. The van der Waals surface area contributed by atoms with Crippen LogP contribution in [-0.2, 0) is 11.3 Å². The van der Waals surface area contributed by atoms with Crippen LogP contribution >= 0.6 is 0 Å². The molecule has 3 aromatic rings. The van der Waals surface area contributed by atoms with Gasteiger partial charge in [-0.25, -0.2) is 4.39 Å². The maximum Gasteiger partial charge on any atom is 0.268 e. The zero-order chi connectivity index (χ0) is 19.5. The summed E-state index contributed by atoms with van der Waals surface area (Å²) in [7, 11) is 0. The molecule has 0 unspecified atom stereocenters. The number of benzene rings is 1. The van der Waals surface area contributed by atoms with Crippen molar-refractivity contribution in [2.24, 2.45) is 0 Å². The van der Waals surface area contributed by atoms with Crippen molar-refractivity contribution in [2.75, 3.05) is 19.6 Å². The van der Waals surface area contributed by atoms with Crippen molar-refractivity contribution in [1.82, 2.24) is 14.8 Å². The number of aromatic nitrogens is 1. The van der Waals surface area contributed by atoms with Crippen molar-refractivity contribution in [3.8, 4) is 0 Å². The smallest absolute Gasteiger partial charge is 0.268 e. The summed E-state index contributed by atoms with van der Waals surface area (Å²) >= 11 is 0. The minimum atomic E-state index is -0.354. The molecule has 0 atom stereocenters. The van der Waals surface area contributed by atoms with Gasteiger partial charge >= 0.3 is 0 Å². The number of halogens is 1. The fourth-order valence-corrected chi connectivity index (χ4v) is 3.66. The van der Waals surface area contributed by atoms with Crippen molar-refractivity contribution >= 4 is 22.9 Å². The lowest BCUT2D eigenvalue weighted by Crippen LogP contribution is -2.42. The second kappa shape index (κ2) is 7.88. The molecule has 1 aliphatic heterocycles. The number of furan rings is 1. The Labute approximate surface area is 161 Å². The standard InChI is InChI=1S/C21H22FN3O3/c22-16-6-4-5-15(11-16)14-25-17-7-10-28-19(17)12-18(25)21(27)23-13-20(26)24-8-2-1-3-9-24/h4-7,10-12H,1-3,8-9,13-14H2,(H,23,27). The van der Waals surface area contributed by atoms with E-state index in [9.17, 15) is 14.0 Å². The summed E-state index contributed by atoms with van der Waals surface area (Å²) < 4.78 is 20.7. The van der Waals surface area contributed by atoms with E-state index in [0.717, 1.165) is 43.4 Å². The molecule has 7 heteroatoms. The van der Waals surface area contributed by atoms with Crippen LogP contribution in [0.5, 0.6) is 0 Å². The Morgan fingerprint density at radius 2 is 1.93 bits per heavy atom. The van der Waals surface area contributed by atoms with Gasteiger partial charge in [0.1, 0.15) is 11.5 Å². The van der Waals surface area contributed by atoms with Gasteiger partial charge in [-0.15, -0.1) is 0 Å². The minimum Gasteiger partial charge on any atom is -0.463 e. The number of hydrogen-bond acceptors (Lipinski definition) is 3. The molecule has 1 N–H and O–H groups in total. The van der Waals surface area contributed by atoms with E-state index in [2.05, 4.69) is 5.32 Å². The lowest BCUT2D eigenvalue weighted by molar-refractivity contribution is -0.130. The van der Waals surface area contributed by atoms with Crippen molar-refractivity contribution in [3.05, 3.63) is 59.7 Å². The van der Waals surface area contributed by atoms with Gasteiger partial charge in [0, 0.05) is 31.8 Å². The predicted octanol–water partition coefficient (Wildman–Crippen LogP) is 3.16. The van der Waals surface area contributed by atoms with Gasteiger partial charge in [0.25, 0.3) is 5.91 Å². The van der Waals surface area contributed by atoms with Gasteiger partial charge in [0.15, 0.2) is 5.58 Å². The summed E-state index contributed by atoms with van der Waals surface area (Å²) in [6, 6.07) is 9.67. The third-order valence-electron chi connectivity index (χ3n) is 5.09. The Kier molecular flexibility index (Phi) is 5.14. The molecule has 0 saturated carbocycles. The molecule has 3 heterocycles. The molecule has 28 heavy (non-hydrogen) atoms. The van der Waals surface area contributed by atoms with Crippen LogP contribution in [0.3, 0.4) is 0 Å². The van der Waals surface area contributed by atoms with Crippen LogP contribution in [-0.4, -0.2) is 40.9 Å². The van der Waals surface area contributed by atoms with E-state index in [1.807, 2.05) is 0 Å². The molecule has 0 bridgehead atoms. The zero-order valence-corrected chi connectivity index (χ0v) is 15.5. The Hall–Kier alpha value is -3.09. The molecular formula is C21H22FN3O3. The number of carbonyl (C=O) groups is 2. The number of piperidine rings is 1. The molecule has 0 spiro atoms. The van der Waals surface area contributed by atoms with E-state index in [1.165, 1.54) is 12.1 Å². The average Bonchev–Trinajstić information content (AvgIpc) is 3.29. The summed E-state index contributed by atoms with van der Waals surface area (Å²) in [6.07, 6.45) is 4.70. The number of nitrogens with one attached hydrogen (secondary N) is 1. The molecule has 2 amide bonds. The van der Waals surface area contributed by atoms with Crippen LogP contribution in [0.4, 0.5) is 4.39 Å². The summed E-state index contributed by atoms with van der Waals surface area (Å²) in [5.41, 5.74) is 2.43. The lowest BCUT2D eigenvalue weighted by atomic mass is 10.1. The van der Waals surface area contributed by atoms with Gasteiger partial charge < -0.3 is 19.2 Å². The largest absolute Gasteiger partial charge is 0.463 e. The first-order chi connectivity index (χ1) is 13.6. The van der Waals surface area contributed by atoms with Crippen molar-refractivity contribution in [3.63, 3.8) is 0 Å². The van der Waals surface area contributed by atoms with Crippen LogP contribution in [0.1, 0.15) is 35.3 Å². The fraction of sp³-hybridized carbons (Fsp3) is 0.333. The number of nitrogens with zero attached hydrogens (tertiary/aromatic N) is 2. The van der Waals surface area contributed by atoms with Crippen LogP contribution < -0.4 is 5.32 Å². The molecule has 1 saturated heterocycles. The second-order valence-corrected chi connectivity index (χ2v) is 7.04.